The van der Waals surface area contributed by atoms with Crippen LogP contribution in [0.25, 0.3) is 11.1 Å². The molecule has 1 unspecified atom stereocenters. The van der Waals surface area contributed by atoms with Gasteiger partial charge in [-0.15, -0.1) is 0 Å². The van der Waals surface area contributed by atoms with Crippen molar-refractivity contribution in [3.63, 3.8) is 0 Å². The zero-order valence-corrected chi connectivity index (χ0v) is 18.8. The predicted octanol–water partition coefficient (Wildman–Crippen LogP) is 4.81. The lowest BCUT2D eigenvalue weighted by molar-refractivity contribution is -0.109. The Labute approximate surface area is 193 Å². The number of ketones is 1. The molecular weight excluding hydrogens is 414 g/mol. The fourth-order valence-corrected chi connectivity index (χ4v) is 4.15. The molecule has 0 spiro atoms. The van der Waals surface area contributed by atoms with Gasteiger partial charge in [-0.2, -0.15) is 0 Å². The Bertz CT molecular complexity index is 1180. The lowest BCUT2D eigenvalue weighted by Gasteiger charge is -2.27. The van der Waals surface area contributed by atoms with Crippen molar-refractivity contribution in [1.29, 1.82) is 0 Å². The third kappa shape index (κ3) is 4.89. The van der Waals surface area contributed by atoms with E-state index in [9.17, 15) is 14.7 Å². The number of ether oxygens (including phenoxy) is 1. The van der Waals surface area contributed by atoms with Gasteiger partial charge < -0.3 is 19.5 Å². The van der Waals surface area contributed by atoms with Crippen molar-refractivity contribution in [1.82, 2.24) is 4.90 Å². The minimum absolute atomic E-state index is 0.0785. The molecule has 4 rings (SSSR count). The number of hydrogen-bond donors (Lipinski definition) is 1. The summed E-state index contributed by atoms with van der Waals surface area (Å²) in [6, 6.07) is 21.7. The first-order valence-electron chi connectivity index (χ1n) is 11.0. The molecule has 1 aliphatic carbocycles. The maximum absolute atomic E-state index is 13.8. The van der Waals surface area contributed by atoms with Crippen molar-refractivity contribution >= 4 is 23.2 Å². The number of nitrogens with zero attached hydrogens (tertiary/aromatic N) is 1. The molecule has 0 aliphatic heterocycles. The Morgan fingerprint density at radius 3 is 2.45 bits per heavy atom. The Hall–Kier alpha value is -3.70. The number of phenols is 1. The quantitative estimate of drug-likeness (QED) is 0.401. The average molecular weight is 442 g/mol. The highest BCUT2D eigenvalue weighted by atomic mass is 16.5. The van der Waals surface area contributed by atoms with E-state index in [-0.39, 0.29) is 11.5 Å². The van der Waals surface area contributed by atoms with Crippen LogP contribution in [0, 0.1) is 0 Å². The predicted molar refractivity (Wildman–Crippen MR) is 130 cm³/mol. The molecule has 168 valence electrons. The molecule has 0 aromatic heterocycles. The molecule has 0 saturated heterocycles. The van der Waals surface area contributed by atoms with E-state index in [2.05, 4.69) is 0 Å². The summed E-state index contributed by atoms with van der Waals surface area (Å²) in [5.41, 5.74) is 4.22. The van der Waals surface area contributed by atoms with Crippen LogP contribution in [-0.4, -0.2) is 49.3 Å². The molecule has 0 saturated carbocycles. The van der Waals surface area contributed by atoms with Crippen molar-refractivity contribution in [2.75, 3.05) is 27.2 Å². The average Bonchev–Trinajstić information content (AvgIpc) is 2.83. The molecule has 3 aromatic carbocycles. The molecule has 0 amide bonds. The van der Waals surface area contributed by atoms with Crippen molar-refractivity contribution in [2.45, 2.75) is 12.3 Å². The maximum Gasteiger partial charge on any atom is 0.193 e. The standard InChI is InChI=1S/C28H27NO4/c1-29(2)14-15-33-23-11-8-20(9-12-23)28(32)27-24-13-10-22(31)17-25(24)21(18-30)16-26(27)19-6-4-3-5-7-19/h3-13,17-18,21,31H,14-16H2,1-2H3. The van der Waals surface area contributed by atoms with Crippen molar-refractivity contribution < 1.29 is 19.4 Å². The highest BCUT2D eigenvalue weighted by Crippen LogP contribution is 2.44. The van der Waals surface area contributed by atoms with Gasteiger partial charge in [0.2, 0.25) is 0 Å². The number of Topliss-reactive ketones (excluding diaryl/α,β-unsaturated/α-hetero) is 1. The van der Waals surface area contributed by atoms with Crippen molar-refractivity contribution in [2.24, 2.45) is 0 Å². The summed E-state index contributed by atoms with van der Waals surface area (Å²) in [7, 11) is 3.97. The van der Waals surface area contributed by atoms with Gasteiger partial charge in [0.25, 0.3) is 0 Å². The number of allylic oxidation sites excluding steroid dienone is 2. The fourth-order valence-electron chi connectivity index (χ4n) is 4.15. The number of rotatable bonds is 8. The van der Waals surface area contributed by atoms with Crippen LogP contribution in [0.15, 0.2) is 72.8 Å². The summed E-state index contributed by atoms with van der Waals surface area (Å²) >= 11 is 0. The van der Waals surface area contributed by atoms with Gasteiger partial charge in [-0.3, -0.25) is 4.79 Å². The van der Waals surface area contributed by atoms with E-state index in [1.54, 1.807) is 42.5 Å². The van der Waals surface area contributed by atoms with Gasteiger partial charge in [-0.1, -0.05) is 36.4 Å². The van der Waals surface area contributed by atoms with E-state index in [1.807, 2.05) is 49.3 Å². The van der Waals surface area contributed by atoms with Crippen LogP contribution in [-0.2, 0) is 4.79 Å². The number of carbonyl (C=O) groups is 2. The molecule has 0 heterocycles. The van der Waals surface area contributed by atoms with Gasteiger partial charge in [0.05, 0.1) is 0 Å². The van der Waals surface area contributed by atoms with Crippen LogP contribution < -0.4 is 4.74 Å². The summed E-state index contributed by atoms with van der Waals surface area (Å²) in [5.74, 6) is 0.242. The van der Waals surface area contributed by atoms with Gasteiger partial charge in [0.1, 0.15) is 24.4 Å². The molecule has 1 atom stereocenters. The Kier molecular flexibility index (Phi) is 6.71. The van der Waals surface area contributed by atoms with Gasteiger partial charge in [-0.25, -0.2) is 0 Å². The second-order valence-corrected chi connectivity index (χ2v) is 8.44. The molecule has 0 bridgehead atoms. The minimum Gasteiger partial charge on any atom is -0.508 e. The second kappa shape index (κ2) is 9.84. The van der Waals surface area contributed by atoms with E-state index in [4.69, 9.17) is 4.74 Å². The first-order valence-corrected chi connectivity index (χ1v) is 11.0. The number of hydrogen-bond acceptors (Lipinski definition) is 5. The highest BCUT2D eigenvalue weighted by molar-refractivity contribution is 6.35. The summed E-state index contributed by atoms with van der Waals surface area (Å²) in [5, 5.41) is 10.0. The van der Waals surface area contributed by atoms with Crippen LogP contribution in [0.2, 0.25) is 0 Å². The SMILES string of the molecule is CN(C)CCOc1ccc(C(=O)C2=C(c3ccccc3)CC(C=O)c3cc(O)ccc32)cc1. The summed E-state index contributed by atoms with van der Waals surface area (Å²) in [6.45, 7) is 1.36. The van der Waals surface area contributed by atoms with Gasteiger partial charge in [-0.05, 0) is 79.2 Å². The first kappa shape index (κ1) is 22.5. The van der Waals surface area contributed by atoms with Crippen LogP contribution >= 0.6 is 0 Å². The van der Waals surface area contributed by atoms with Gasteiger partial charge >= 0.3 is 0 Å². The summed E-state index contributed by atoms with van der Waals surface area (Å²) in [4.78, 5) is 27.7. The molecule has 1 N–H and O–H groups in total. The Morgan fingerprint density at radius 2 is 1.79 bits per heavy atom. The third-order valence-electron chi connectivity index (χ3n) is 5.87. The monoisotopic (exact) mass is 441 g/mol. The smallest absolute Gasteiger partial charge is 0.193 e. The number of likely N-dealkylation sites (N-methyl/N-ethyl adjacent to an activating group) is 1. The number of aldehydes is 1. The normalized spacial score (nSPS) is 15.3. The topological polar surface area (TPSA) is 66.8 Å². The summed E-state index contributed by atoms with van der Waals surface area (Å²) in [6.07, 6.45) is 1.29. The minimum atomic E-state index is -0.425. The van der Waals surface area contributed by atoms with Crippen molar-refractivity contribution in [3.05, 3.63) is 95.1 Å². The number of benzene rings is 3. The Balaban J connectivity index is 1.76. The van der Waals surface area contributed by atoms with Crippen LogP contribution in [0.1, 0.15) is 39.4 Å². The zero-order valence-electron chi connectivity index (χ0n) is 18.8. The molecule has 0 fully saturated rings. The number of fused-ring (bicyclic) bond motifs is 1. The van der Waals surface area contributed by atoms with Gasteiger partial charge in [0.15, 0.2) is 5.78 Å². The second-order valence-electron chi connectivity index (χ2n) is 8.44. The molecule has 5 nitrogen and oxygen atoms in total. The molecule has 3 aromatic rings. The number of phenolic OH excluding ortho intramolecular Hbond substituents is 1. The van der Waals surface area contributed by atoms with E-state index in [0.717, 1.165) is 24.0 Å². The van der Waals surface area contributed by atoms with Gasteiger partial charge in [0, 0.05) is 23.6 Å². The zero-order chi connectivity index (χ0) is 23.4. The lowest BCUT2D eigenvalue weighted by Crippen LogP contribution is -2.19. The molecule has 33 heavy (non-hydrogen) atoms. The fraction of sp³-hybridized carbons (Fsp3) is 0.214. The maximum atomic E-state index is 13.8. The lowest BCUT2D eigenvalue weighted by atomic mass is 9.75. The first-order chi connectivity index (χ1) is 16.0. The van der Waals surface area contributed by atoms with Crippen molar-refractivity contribution in [3.8, 4) is 11.5 Å². The third-order valence-corrected chi connectivity index (χ3v) is 5.87. The number of aromatic hydroxyl groups is 1. The van der Waals surface area contributed by atoms with Crippen LogP contribution in [0.4, 0.5) is 0 Å². The van der Waals surface area contributed by atoms with E-state index < -0.39 is 5.92 Å². The van der Waals surface area contributed by atoms with E-state index in [0.29, 0.717) is 41.0 Å². The van der Waals surface area contributed by atoms with Crippen LogP contribution in [0.3, 0.4) is 0 Å². The highest BCUT2D eigenvalue weighted by Gasteiger charge is 2.31. The summed E-state index contributed by atoms with van der Waals surface area (Å²) < 4.78 is 5.75. The number of carbonyl (C=O) groups excluding carboxylic acids is 2. The molecule has 5 heteroatoms. The molecule has 0 radical (unpaired) electrons. The van der Waals surface area contributed by atoms with E-state index >= 15 is 0 Å². The molecule has 1 aliphatic rings. The van der Waals surface area contributed by atoms with E-state index in [1.165, 1.54) is 0 Å². The molecular formula is C28H27NO4. The Morgan fingerprint density at radius 1 is 1.06 bits per heavy atom. The van der Waals surface area contributed by atoms with Crippen LogP contribution in [0.5, 0.6) is 11.5 Å². The largest absolute Gasteiger partial charge is 0.508 e.